The molecule has 16 heavy (non-hydrogen) atoms. The van der Waals surface area contributed by atoms with Gasteiger partial charge in [0.2, 0.25) is 5.91 Å². The lowest BCUT2D eigenvalue weighted by Gasteiger charge is -2.25. The van der Waals surface area contributed by atoms with Crippen molar-refractivity contribution < 1.29 is 14.7 Å². The Hall–Kier alpha value is -1.10. The van der Waals surface area contributed by atoms with E-state index in [1.807, 2.05) is 20.8 Å². The van der Waals surface area contributed by atoms with Gasteiger partial charge in [0, 0.05) is 6.54 Å². The summed E-state index contributed by atoms with van der Waals surface area (Å²) >= 11 is 0. The van der Waals surface area contributed by atoms with E-state index in [1.165, 1.54) is 4.90 Å². The summed E-state index contributed by atoms with van der Waals surface area (Å²) in [7, 11) is 0. The molecule has 94 valence electrons. The summed E-state index contributed by atoms with van der Waals surface area (Å²) in [6, 6.07) is -0.580. The quantitative estimate of drug-likeness (QED) is 0.673. The number of nitrogens with two attached hydrogens (primary N) is 1. The van der Waals surface area contributed by atoms with E-state index in [2.05, 4.69) is 0 Å². The van der Waals surface area contributed by atoms with Gasteiger partial charge in [-0.25, -0.2) is 0 Å². The summed E-state index contributed by atoms with van der Waals surface area (Å²) in [6.45, 7) is 5.98. The van der Waals surface area contributed by atoms with E-state index in [4.69, 9.17) is 10.8 Å². The van der Waals surface area contributed by atoms with Crippen molar-refractivity contribution in [2.24, 2.45) is 11.7 Å². The highest BCUT2D eigenvalue weighted by Crippen LogP contribution is 2.04. The van der Waals surface area contributed by atoms with Gasteiger partial charge in [-0.1, -0.05) is 27.2 Å². The Labute approximate surface area is 96.6 Å². The largest absolute Gasteiger partial charge is 0.480 e. The van der Waals surface area contributed by atoms with Crippen molar-refractivity contribution in [3.63, 3.8) is 0 Å². The number of nitrogens with zero attached hydrogens (tertiary/aromatic N) is 1. The normalized spacial score (nSPS) is 12.6. The Morgan fingerprint density at radius 2 is 1.94 bits per heavy atom. The maximum absolute atomic E-state index is 11.8. The molecule has 0 heterocycles. The molecule has 0 aliphatic rings. The lowest BCUT2D eigenvalue weighted by Crippen LogP contribution is -2.47. The van der Waals surface area contributed by atoms with Gasteiger partial charge in [0.15, 0.2) is 0 Å². The van der Waals surface area contributed by atoms with Crippen LogP contribution in [-0.2, 0) is 9.59 Å². The minimum Gasteiger partial charge on any atom is -0.480 e. The molecule has 0 aromatic rings. The van der Waals surface area contributed by atoms with Gasteiger partial charge in [0.1, 0.15) is 6.54 Å². The Bertz CT molecular complexity index is 241. The smallest absolute Gasteiger partial charge is 0.323 e. The van der Waals surface area contributed by atoms with Gasteiger partial charge in [-0.05, 0) is 12.3 Å². The number of aliphatic carboxylic acids is 1. The summed E-state index contributed by atoms with van der Waals surface area (Å²) in [5.74, 6) is -1.03. The van der Waals surface area contributed by atoms with Crippen LogP contribution < -0.4 is 5.73 Å². The van der Waals surface area contributed by atoms with Gasteiger partial charge in [-0.2, -0.15) is 0 Å². The molecule has 1 amide bonds. The molecule has 5 heteroatoms. The third-order valence-electron chi connectivity index (χ3n) is 2.14. The van der Waals surface area contributed by atoms with E-state index in [9.17, 15) is 9.59 Å². The second-order valence-electron chi connectivity index (χ2n) is 4.40. The van der Waals surface area contributed by atoms with Crippen LogP contribution in [0.4, 0.5) is 0 Å². The molecule has 0 aromatic carbocycles. The number of carbonyl (C=O) groups is 2. The summed E-state index contributed by atoms with van der Waals surface area (Å²) in [4.78, 5) is 23.8. The molecule has 0 aliphatic carbocycles. The zero-order valence-corrected chi connectivity index (χ0v) is 10.3. The number of hydrogen-bond donors (Lipinski definition) is 2. The second-order valence-corrected chi connectivity index (χ2v) is 4.40. The van der Waals surface area contributed by atoms with Gasteiger partial charge in [0.05, 0.1) is 6.04 Å². The van der Waals surface area contributed by atoms with Crippen molar-refractivity contribution in [1.82, 2.24) is 4.90 Å². The number of hydrogen-bond acceptors (Lipinski definition) is 3. The molecule has 0 radical (unpaired) electrons. The number of carbonyl (C=O) groups excluding carboxylic acids is 1. The summed E-state index contributed by atoms with van der Waals surface area (Å²) < 4.78 is 0. The van der Waals surface area contributed by atoms with Crippen LogP contribution in [-0.4, -0.2) is 41.0 Å². The summed E-state index contributed by atoms with van der Waals surface area (Å²) in [6.07, 6.45) is 1.41. The zero-order valence-electron chi connectivity index (χ0n) is 10.3. The van der Waals surface area contributed by atoms with Crippen molar-refractivity contribution in [2.45, 2.75) is 39.7 Å². The van der Waals surface area contributed by atoms with Gasteiger partial charge in [-0.15, -0.1) is 0 Å². The predicted octanol–water partition coefficient (Wildman–Crippen LogP) is 0.683. The number of carboxylic acid groups (broad SMARTS) is 1. The second kappa shape index (κ2) is 7.22. The maximum atomic E-state index is 11.8. The molecule has 1 atom stereocenters. The molecule has 0 aromatic heterocycles. The van der Waals surface area contributed by atoms with E-state index in [0.29, 0.717) is 13.0 Å². The highest BCUT2D eigenvalue weighted by molar-refractivity contribution is 5.85. The fourth-order valence-electron chi connectivity index (χ4n) is 1.51. The average Bonchev–Trinajstić information content (AvgIpc) is 2.14. The van der Waals surface area contributed by atoms with Crippen molar-refractivity contribution >= 4 is 11.9 Å². The van der Waals surface area contributed by atoms with Crippen molar-refractivity contribution in [2.75, 3.05) is 13.1 Å². The highest BCUT2D eigenvalue weighted by atomic mass is 16.4. The fourth-order valence-corrected chi connectivity index (χ4v) is 1.51. The van der Waals surface area contributed by atoms with E-state index < -0.39 is 12.0 Å². The molecule has 0 unspecified atom stereocenters. The fraction of sp³-hybridized carbons (Fsp3) is 0.818. The SMILES string of the molecule is CCC[C@@H](N)C(=O)N(CC(=O)O)CC(C)C. The molecule has 0 aliphatic heterocycles. The Kier molecular flexibility index (Phi) is 6.72. The molecule has 0 saturated heterocycles. The number of amides is 1. The standard InChI is InChI=1S/C11H22N2O3/c1-4-5-9(12)11(16)13(6-8(2)3)7-10(14)15/h8-9H,4-7,12H2,1-3H3,(H,14,15)/t9-/m1/s1. The minimum absolute atomic E-state index is 0.233. The van der Waals surface area contributed by atoms with E-state index >= 15 is 0 Å². The molecule has 0 saturated carbocycles. The Morgan fingerprint density at radius 3 is 2.31 bits per heavy atom. The lowest BCUT2D eigenvalue weighted by molar-refractivity contribution is -0.145. The summed E-state index contributed by atoms with van der Waals surface area (Å²) in [5, 5.41) is 8.72. The van der Waals surface area contributed by atoms with Gasteiger partial charge >= 0.3 is 5.97 Å². The van der Waals surface area contributed by atoms with Gasteiger partial charge < -0.3 is 15.7 Å². The Morgan fingerprint density at radius 1 is 1.38 bits per heavy atom. The van der Waals surface area contributed by atoms with Crippen LogP contribution in [0.2, 0.25) is 0 Å². The molecule has 5 nitrogen and oxygen atoms in total. The van der Waals surface area contributed by atoms with Crippen LogP contribution in [0.3, 0.4) is 0 Å². The molecule has 0 rings (SSSR count). The number of rotatable bonds is 7. The van der Waals surface area contributed by atoms with E-state index in [0.717, 1.165) is 6.42 Å². The zero-order chi connectivity index (χ0) is 12.7. The lowest BCUT2D eigenvalue weighted by atomic mass is 10.1. The molecule has 0 fully saturated rings. The monoisotopic (exact) mass is 230 g/mol. The first kappa shape index (κ1) is 14.9. The minimum atomic E-state index is -1.00. The molecule has 3 N–H and O–H groups in total. The van der Waals surface area contributed by atoms with Crippen LogP contribution >= 0.6 is 0 Å². The van der Waals surface area contributed by atoms with Crippen LogP contribution in [0.1, 0.15) is 33.6 Å². The third kappa shape index (κ3) is 5.70. The first-order valence-electron chi connectivity index (χ1n) is 5.64. The Balaban J connectivity index is 4.48. The van der Waals surface area contributed by atoms with Crippen molar-refractivity contribution in [3.05, 3.63) is 0 Å². The first-order valence-corrected chi connectivity index (χ1v) is 5.64. The predicted molar refractivity (Wildman–Crippen MR) is 61.9 cm³/mol. The number of carboxylic acids is 1. The van der Waals surface area contributed by atoms with E-state index in [-0.39, 0.29) is 18.4 Å². The maximum Gasteiger partial charge on any atom is 0.323 e. The third-order valence-corrected chi connectivity index (χ3v) is 2.14. The summed E-state index contributed by atoms with van der Waals surface area (Å²) in [5.41, 5.74) is 5.70. The van der Waals surface area contributed by atoms with Crippen LogP contribution in [0.5, 0.6) is 0 Å². The highest BCUT2D eigenvalue weighted by Gasteiger charge is 2.22. The van der Waals surface area contributed by atoms with Gasteiger partial charge in [-0.3, -0.25) is 9.59 Å². The molecular formula is C11H22N2O3. The van der Waals surface area contributed by atoms with Gasteiger partial charge in [0.25, 0.3) is 0 Å². The van der Waals surface area contributed by atoms with Crippen molar-refractivity contribution in [3.8, 4) is 0 Å². The van der Waals surface area contributed by atoms with Crippen LogP contribution in [0.15, 0.2) is 0 Å². The topological polar surface area (TPSA) is 83.6 Å². The van der Waals surface area contributed by atoms with Crippen molar-refractivity contribution in [1.29, 1.82) is 0 Å². The van der Waals surface area contributed by atoms with E-state index in [1.54, 1.807) is 0 Å². The first-order chi connectivity index (χ1) is 7.38. The van der Waals surface area contributed by atoms with Crippen LogP contribution in [0.25, 0.3) is 0 Å². The van der Waals surface area contributed by atoms with Crippen LogP contribution in [0, 0.1) is 5.92 Å². The molecular weight excluding hydrogens is 208 g/mol. The molecule has 0 bridgehead atoms. The average molecular weight is 230 g/mol. The molecule has 0 spiro atoms.